The molecule has 0 aliphatic carbocycles. The Bertz CT molecular complexity index is 669. The minimum absolute atomic E-state index is 0.115. The van der Waals surface area contributed by atoms with Crippen LogP contribution in [0.1, 0.15) is 17.0 Å². The third kappa shape index (κ3) is 1.91. The van der Waals surface area contributed by atoms with Crippen molar-refractivity contribution in [1.82, 2.24) is 14.8 Å². The molecule has 0 radical (unpaired) electrons. The van der Waals surface area contributed by atoms with Crippen LogP contribution in [-0.2, 0) is 0 Å². The maximum Gasteiger partial charge on any atom is 0.315 e. The van der Waals surface area contributed by atoms with Crippen LogP contribution >= 0.6 is 0 Å². The van der Waals surface area contributed by atoms with Crippen LogP contribution in [0.15, 0.2) is 18.3 Å². The Morgan fingerprint density at radius 3 is 2.67 bits per heavy atom. The van der Waals surface area contributed by atoms with E-state index in [1.165, 1.54) is 16.9 Å². The molecule has 7 nitrogen and oxygen atoms in total. The molecule has 0 saturated heterocycles. The SMILES string of the molecule is Cc1cc(C)n(-c2ncc(C#N)cc2[N+](=O)[O-])n1. The molecule has 0 amide bonds. The van der Waals surface area contributed by atoms with Crippen molar-refractivity contribution >= 4 is 5.69 Å². The van der Waals surface area contributed by atoms with Gasteiger partial charge in [-0.2, -0.15) is 10.4 Å². The van der Waals surface area contributed by atoms with Gasteiger partial charge in [-0.15, -0.1) is 0 Å². The zero-order chi connectivity index (χ0) is 13.3. The fourth-order valence-electron chi connectivity index (χ4n) is 1.65. The van der Waals surface area contributed by atoms with E-state index in [9.17, 15) is 10.1 Å². The van der Waals surface area contributed by atoms with E-state index in [1.807, 2.05) is 6.07 Å². The lowest BCUT2D eigenvalue weighted by Gasteiger charge is -2.04. The molecular formula is C11H9N5O2. The second-order valence-electron chi connectivity index (χ2n) is 3.77. The topological polar surface area (TPSA) is 97.6 Å². The molecule has 0 N–H and O–H groups in total. The van der Waals surface area contributed by atoms with E-state index < -0.39 is 4.92 Å². The van der Waals surface area contributed by atoms with Crippen molar-refractivity contribution < 1.29 is 4.92 Å². The van der Waals surface area contributed by atoms with Crippen molar-refractivity contribution in [1.29, 1.82) is 5.26 Å². The molecule has 0 bridgehead atoms. The molecule has 0 saturated carbocycles. The second kappa shape index (κ2) is 4.25. The van der Waals surface area contributed by atoms with Gasteiger partial charge in [-0.1, -0.05) is 0 Å². The average Bonchev–Trinajstić information content (AvgIpc) is 2.67. The quantitative estimate of drug-likeness (QED) is 0.590. The Kier molecular flexibility index (Phi) is 2.77. The van der Waals surface area contributed by atoms with Gasteiger partial charge in [0.15, 0.2) is 0 Å². The number of nitrogens with zero attached hydrogens (tertiary/aromatic N) is 5. The fourth-order valence-corrected chi connectivity index (χ4v) is 1.65. The zero-order valence-corrected chi connectivity index (χ0v) is 9.78. The summed E-state index contributed by atoms with van der Waals surface area (Å²) in [6.45, 7) is 3.57. The summed E-state index contributed by atoms with van der Waals surface area (Å²) in [6, 6.07) is 4.81. The second-order valence-corrected chi connectivity index (χ2v) is 3.77. The Labute approximate surface area is 102 Å². The largest absolute Gasteiger partial charge is 0.315 e. The maximum atomic E-state index is 11.0. The minimum Gasteiger partial charge on any atom is -0.258 e. The summed E-state index contributed by atoms with van der Waals surface area (Å²) in [5.41, 5.74) is 1.40. The number of rotatable bonds is 2. The minimum atomic E-state index is -0.570. The summed E-state index contributed by atoms with van der Waals surface area (Å²) in [4.78, 5) is 14.4. The molecule has 0 atom stereocenters. The first-order valence-electron chi connectivity index (χ1n) is 5.11. The van der Waals surface area contributed by atoms with Gasteiger partial charge in [0.2, 0.25) is 5.82 Å². The van der Waals surface area contributed by atoms with Gasteiger partial charge >= 0.3 is 5.69 Å². The maximum absolute atomic E-state index is 11.0. The standard InChI is InChI=1S/C11H9N5O2/c1-7-3-8(2)15(14-7)11-10(16(17)18)4-9(5-12)6-13-11/h3-4,6H,1-2H3. The molecule has 18 heavy (non-hydrogen) atoms. The lowest BCUT2D eigenvalue weighted by atomic mass is 10.2. The summed E-state index contributed by atoms with van der Waals surface area (Å²) in [5, 5.41) is 23.9. The average molecular weight is 243 g/mol. The van der Waals surface area contributed by atoms with E-state index >= 15 is 0 Å². The first-order valence-corrected chi connectivity index (χ1v) is 5.11. The number of hydrogen-bond acceptors (Lipinski definition) is 5. The van der Waals surface area contributed by atoms with Gasteiger partial charge in [0.1, 0.15) is 6.07 Å². The van der Waals surface area contributed by atoms with E-state index in [2.05, 4.69) is 10.1 Å². The molecule has 0 aliphatic heterocycles. The Morgan fingerprint density at radius 2 is 2.17 bits per heavy atom. The molecule has 2 aromatic heterocycles. The number of hydrogen-bond donors (Lipinski definition) is 0. The molecule has 2 rings (SSSR count). The van der Waals surface area contributed by atoms with Gasteiger partial charge < -0.3 is 0 Å². The van der Waals surface area contributed by atoms with Crippen molar-refractivity contribution in [2.75, 3.05) is 0 Å². The predicted octanol–water partition coefficient (Wildman–Crippen LogP) is 1.66. The third-order valence-electron chi connectivity index (χ3n) is 2.38. The molecule has 0 unspecified atom stereocenters. The van der Waals surface area contributed by atoms with Gasteiger partial charge in [-0.05, 0) is 19.9 Å². The van der Waals surface area contributed by atoms with E-state index in [0.717, 1.165) is 11.4 Å². The molecule has 0 fully saturated rings. The summed E-state index contributed by atoms with van der Waals surface area (Å²) in [5.74, 6) is 0.115. The molecule has 0 aromatic carbocycles. The first-order chi connectivity index (χ1) is 8.52. The Balaban J connectivity index is 2.68. The Morgan fingerprint density at radius 1 is 1.44 bits per heavy atom. The summed E-state index contributed by atoms with van der Waals surface area (Å²) in [6.07, 6.45) is 1.29. The van der Waals surface area contributed by atoms with Gasteiger partial charge in [-0.25, -0.2) is 9.67 Å². The van der Waals surface area contributed by atoms with Gasteiger partial charge in [0.05, 0.1) is 16.2 Å². The van der Waals surface area contributed by atoms with E-state index in [-0.39, 0.29) is 17.1 Å². The number of aromatic nitrogens is 3. The summed E-state index contributed by atoms with van der Waals surface area (Å²) < 4.78 is 1.40. The van der Waals surface area contributed by atoms with E-state index in [0.29, 0.717) is 0 Å². The highest BCUT2D eigenvalue weighted by Gasteiger charge is 2.20. The predicted molar refractivity (Wildman–Crippen MR) is 62.2 cm³/mol. The first kappa shape index (κ1) is 11.7. The molecule has 2 aromatic rings. The number of nitro groups is 1. The molecule has 90 valence electrons. The molecule has 2 heterocycles. The Hall–Kier alpha value is -2.75. The smallest absolute Gasteiger partial charge is 0.258 e. The van der Waals surface area contributed by atoms with Crippen LogP contribution in [0.3, 0.4) is 0 Å². The third-order valence-corrected chi connectivity index (χ3v) is 2.38. The van der Waals surface area contributed by atoms with Crippen molar-refractivity contribution in [3.63, 3.8) is 0 Å². The van der Waals surface area contributed by atoms with E-state index in [1.54, 1.807) is 19.9 Å². The van der Waals surface area contributed by atoms with Gasteiger partial charge in [-0.3, -0.25) is 10.1 Å². The summed E-state index contributed by atoms with van der Waals surface area (Å²) in [7, 11) is 0. The van der Waals surface area contributed by atoms with Crippen LogP contribution < -0.4 is 0 Å². The zero-order valence-electron chi connectivity index (χ0n) is 9.78. The van der Waals surface area contributed by atoms with Crippen molar-refractivity contribution in [3.8, 4) is 11.9 Å². The molecule has 0 aliphatic rings. The van der Waals surface area contributed by atoms with Crippen molar-refractivity contribution in [2.45, 2.75) is 13.8 Å². The number of nitriles is 1. The highest BCUT2D eigenvalue weighted by atomic mass is 16.6. The van der Waals surface area contributed by atoms with Crippen LogP contribution in [0.5, 0.6) is 0 Å². The lowest BCUT2D eigenvalue weighted by Crippen LogP contribution is -2.06. The highest BCUT2D eigenvalue weighted by Crippen LogP contribution is 2.22. The van der Waals surface area contributed by atoms with Crippen LogP contribution in [-0.4, -0.2) is 19.7 Å². The van der Waals surface area contributed by atoms with Crippen LogP contribution in [0, 0.1) is 35.3 Å². The normalized spacial score (nSPS) is 10.1. The lowest BCUT2D eigenvalue weighted by molar-refractivity contribution is -0.385. The summed E-state index contributed by atoms with van der Waals surface area (Å²) >= 11 is 0. The van der Waals surface area contributed by atoms with E-state index in [4.69, 9.17) is 5.26 Å². The van der Waals surface area contributed by atoms with Crippen LogP contribution in [0.4, 0.5) is 5.69 Å². The van der Waals surface area contributed by atoms with Crippen LogP contribution in [0.2, 0.25) is 0 Å². The van der Waals surface area contributed by atoms with Gasteiger partial charge in [0.25, 0.3) is 0 Å². The van der Waals surface area contributed by atoms with Crippen molar-refractivity contribution in [2.24, 2.45) is 0 Å². The van der Waals surface area contributed by atoms with Gasteiger partial charge in [0, 0.05) is 18.0 Å². The highest BCUT2D eigenvalue weighted by molar-refractivity contribution is 5.51. The number of aryl methyl sites for hydroxylation is 2. The molecular weight excluding hydrogens is 234 g/mol. The van der Waals surface area contributed by atoms with Crippen molar-refractivity contribution in [3.05, 3.63) is 45.4 Å². The number of pyridine rings is 1. The molecule has 0 spiro atoms. The molecule has 7 heteroatoms. The monoisotopic (exact) mass is 243 g/mol. The van der Waals surface area contributed by atoms with Crippen LogP contribution in [0.25, 0.3) is 5.82 Å². The fraction of sp³-hybridized carbons (Fsp3) is 0.182.